The zero-order chi connectivity index (χ0) is 13.8. The third-order valence-electron chi connectivity index (χ3n) is 3.22. The van der Waals surface area contributed by atoms with Gasteiger partial charge < -0.3 is 5.32 Å². The monoisotopic (exact) mass is 274 g/mol. The van der Waals surface area contributed by atoms with Crippen LogP contribution in [0.4, 0.5) is 0 Å². The molecule has 0 amide bonds. The Morgan fingerprint density at radius 2 is 2.00 bits per heavy atom. The minimum absolute atomic E-state index is 0.162. The van der Waals surface area contributed by atoms with E-state index in [0.29, 0.717) is 0 Å². The van der Waals surface area contributed by atoms with E-state index in [1.165, 1.54) is 16.7 Å². The van der Waals surface area contributed by atoms with E-state index in [9.17, 15) is 0 Å². The predicted molar refractivity (Wildman–Crippen MR) is 80.7 cm³/mol. The summed E-state index contributed by atoms with van der Waals surface area (Å²) in [6.45, 7) is 7.10. The third-order valence-corrected chi connectivity index (χ3v) is 3.45. The number of nitrogens with zero attached hydrogens (tertiary/aromatic N) is 1. The second-order valence-corrected chi connectivity index (χ2v) is 5.16. The van der Waals surface area contributed by atoms with Gasteiger partial charge in [-0.1, -0.05) is 30.7 Å². The fourth-order valence-electron chi connectivity index (χ4n) is 2.22. The van der Waals surface area contributed by atoms with Gasteiger partial charge in [0.25, 0.3) is 0 Å². The van der Waals surface area contributed by atoms with Crippen molar-refractivity contribution >= 4 is 11.6 Å². The van der Waals surface area contributed by atoms with Crippen LogP contribution in [0.1, 0.15) is 35.3 Å². The molecule has 0 fully saturated rings. The maximum absolute atomic E-state index is 6.03. The van der Waals surface area contributed by atoms with Crippen molar-refractivity contribution in [2.24, 2.45) is 0 Å². The van der Waals surface area contributed by atoms with Crippen LogP contribution in [0.2, 0.25) is 5.02 Å². The lowest BCUT2D eigenvalue weighted by Crippen LogP contribution is -2.23. The molecule has 19 heavy (non-hydrogen) atoms. The average molecular weight is 275 g/mol. The van der Waals surface area contributed by atoms with Crippen molar-refractivity contribution in [2.75, 3.05) is 6.54 Å². The molecule has 1 aromatic carbocycles. The molecule has 2 rings (SSSR count). The standard InChI is InChI=1S/C16H19ClN2/c1-4-18-16(13-6-5-12(3)19-10-13)15-8-7-14(17)9-11(15)2/h5-10,16,18H,4H2,1-3H3. The molecule has 0 saturated carbocycles. The zero-order valence-electron chi connectivity index (χ0n) is 11.6. The molecular weight excluding hydrogens is 256 g/mol. The number of hydrogen-bond acceptors (Lipinski definition) is 2. The zero-order valence-corrected chi connectivity index (χ0v) is 12.3. The molecule has 1 atom stereocenters. The minimum atomic E-state index is 0.162. The van der Waals surface area contributed by atoms with Gasteiger partial charge in [-0.25, -0.2) is 0 Å². The first-order valence-corrected chi connectivity index (χ1v) is 6.91. The number of benzene rings is 1. The van der Waals surface area contributed by atoms with Crippen molar-refractivity contribution in [1.29, 1.82) is 0 Å². The van der Waals surface area contributed by atoms with E-state index in [4.69, 9.17) is 11.6 Å². The van der Waals surface area contributed by atoms with Crippen LogP contribution in [0.15, 0.2) is 36.5 Å². The summed E-state index contributed by atoms with van der Waals surface area (Å²) in [6, 6.07) is 10.4. The molecule has 0 aliphatic rings. The van der Waals surface area contributed by atoms with E-state index in [-0.39, 0.29) is 6.04 Å². The first-order valence-electron chi connectivity index (χ1n) is 6.53. The first-order chi connectivity index (χ1) is 9.11. The minimum Gasteiger partial charge on any atom is -0.306 e. The summed E-state index contributed by atoms with van der Waals surface area (Å²) in [4.78, 5) is 4.39. The summed E-state index contributed by atoms with van der Waals surface area (Å²) in [7, 11) is 0. The number of rotatable bonds is 4. The summed E-state index contributed by atoms with van der Waals surface area (Å²) in [5.74, 6) is 0. The Labute approximate surface area is 119 Å². The Morgan fingerprint density at radius 1 is 1.21 bits per heavy atom. The van der Waals surface area contributed by atoms with E-state index in [2.05, 4.69) is 36.3 Å². The molecule has 0 saturated heterocycles. The Balaban J connectivity index is 2.41. The highest BCUT2D eigenvalue weighted by Crippen LogP contribution is 2.26. The lowest BCUT2D eigenvalue weighted by molar-refractivity contribution is 0.625. The Hall–Kier alpha value is -1.38. The van der Waals surface area contributed by atoms with Gasteiger partial charge in [0.05, 0.1) is 6.04 Å². The second kappa shape index (κ2) is 6.18. The molecule has 0 bridgehead atoms. The van der Waals surface area contributed by atoms with Gasteiger partial charge >= 0.3 is 0 Å². The van der Waals surface area contributed by atoms with Crippen LogP contribution < -0.4 is 5.32 Å². The molecule has 1 unspecified atom stereocenters. The third kappa shape index (κ3) is 3.34. The molecule has 2 aromatic rings. The molecule has 1 aromatic heterocycles. The van der Waals surface area contributed by atoms with Crippen molar-refractivity contribution < 1.29 is 0 Å². The van der Waals surface area contributed by atoms with Gasteiger partial charge in [-0.05, 0) is 55.3 Å². The van der Waals surface area contributed by atoms with Gasteiger partial charge in [-0.2, -0.15) is 0 Å². The maximum atomic E-state index is 6.03. The van der Waals surface area contributed by atoms with Crippen molar-refractivity contribution in [3.05, 3.63) is 63.9 Å². The number of aromatic nitrogens is 1. The summed E-state index contributed by atoms with van der Waals surface area (Å²) in [5, 5.41) is 4.29. The maximum Gasteiger partial charge on any atom is 0.0594 e. The molecule has 0 aliphatic heterocycles. The molecule has 0 spiro atoms. The number of halogens is 1. The summed E-state index contributed by atoms with van der Waals surface area (Å²) >= 11 is 6.03. The van der Waals surface area contributed by atoms with Crippen LogP contribution in [-0.2, 0) is 0 Å². The molecule has 100 valence electrons. The van der Waals surface area contributed by atoms with E-state index in [1.807, 2.05) is 31.3 Å². The van der Waals surface area contributed by atoms with Gasteiger partial charge in [0.2, 0.25) is 0 Å². The smallest absolute Gasteiger partial charge is 0.0594 e. The highest BCUT2D eigenvalue weighted by molar-refractivity contribution is 6.30. The van der Waals surface area contributed by atoms with Crippen LogP contribution in [0.3, 0.4) is 0 Å². The van der Waals surface area contributed by atoms with Gasteiger partial charge in [0.1, 0.15) is 0 Å². The average Bonchev–Trinajstić information content (AvgIpc) is 2.38. The first kappa shape index (κ1) is 14.0. The van der Waals surface area contributed by atoms with Crippen LogP contribution >= 0.6 is 11.6 Å². The van der Waals surface area contributed by atoms with E-state index < -0.39 is 0 Å². The van der Waals surface area contributed by atoms with Gasteiger partial charge in [-0.15, -0.1) is 0 Å². The number of hydrogen-bond donors (Lipinski definition) is 1. The van der Waals surface area contributed by atoms with Crippen molar-refractivity contribution in [3.8, 4) is 0 Å². The van der Waals surface area contributed by atoms with E-state index >= 15 is 0 Å². The quantitative estimate of drug-likeness (QED) is 0.910. The summed E-state index contributed by atoms with van der Waals surface area (Å²) in [6.07, 6.45) is 1.94. The lowest BCUT2D eigenvalue weighted by atomic mass is 9.96. The van der Waals surface area contributed by atoms with Crippen molar-refractivity contribution in [2.45, 2.75) is 26.8 Å². The van der Waals surface area contributed by atoms with E-state index in [1.54, 1.807) is 0 Å². The van der Waals surface area contributed by atoms with Crippen molar-refractivity contribution in [1.82, 2.24) is 10.3 Å². The van der Waals surface area contributed by atoms with Gasteiger partial charge in [0.15, 0.2) is 0 Å². The predicted octanol–water partition coefficient (Wildman–Crippen LogP) is 4.05. The fourth-order valence-corrected chi connectivity index (χ4v) is 2.45. The lowest BCUT2D eigenvalue weighted by Gasteiger charge is -2.21. The van der Waals surface area contributed by atoms with Crippen LogP contribution in [0.5, 0.6) is 0 Å². The molecule has 1 heterocycles. The molecule has 2 nitrogen and oxygen atoms in total. The molecular formula is C16H19ClN2. The fraction of sp³-hybridized carbons (Fsp3) is 0.312. The number of nitrogens with one attached hydrogen (secondary N) is 1. The van der Waals surface area contributed by atoms with Gasteiger partial charge in [-0.3, -0.25) is 4.98 Å². The van der Waals surface area contributed by atoms with Crippen LogP contribution in [-0.4, -0.2) is 11.5 Å². The summed E-state index contributed by atoms with van der Waals surface area (Å²) < 4.78 is 0. The van der Waals surface area contributed by atoms with E-state index in [0.717, 1.165) is 17.3 Å². The molecule has 3 heteroatoms. The highest BCUT2D eigenvalue weighted by Gasteiger charge is 2.15. The largest absolute Gasteiger partial charge is 0.306 e. The van der Waals surface area contributed by atoms with Crippen LogP contribution in [0, 0.1) is 13.8 Å². The number of pyridine rings is 1. The Bertz CT molecular complexity index is 549. The topological polar surface area (TPSA) is 24.9 Å². The van der Waals surface area contributed by atoms with Crippen LogP contribution in [0.25, 0.3) is 0 Å². The molecule has 0 radical (unpaired) electrons. The molecule has 1 N–H and O–H groups in total. The normalized spacial score (nSPS) is 12.4. The van der Waals surface area contributed by atoms with Gasteiger partial charge in [0, 0.05) is 16.9 Å². The highest BCUT2D eigenvalue weighted by atomic mass is 35.5. The molecule has 0 aliphatic carbocycles. The second-order valence-electron chi connectivity index (χ2n) is 4.72. The summed E-state index contributed by atoms with van der Waals surface area (Å²) in [5.41, 5.74) is 4.65. The Kier molecular flexibility index (Phi) is 4.56. The SMILES string of the molecule is CCNC(c1ccc(C)nc1)c1ccc(Cl)cc1C. The van der Waals surface area contributed by atoms with Crippen molar-refractivity contribution in [3.63, 3.8) is 0 Å². The number of aryl methyl sites for hydroxylation is 2. The Morgan fingerprint density at radius 3 is 2.58 bits per heavy atom.